The van der Waals surface area contributed by atoms with Gasteiger partial charge in [-0.2, -0.15) is 0 Å². The molecule has 0 radical (unpaired) electrons. The number of rotatable bonds is 4. The van der Waals surface area contributed by atoms with Crippen molar-refractivity contribution in [1.82, 2.24) is 10.2 Å². The molecule has 24 heavy (non-hydrogen) atoms. The first-order valence-corrected chi connectivity index (χ1v) is 9.92. The first-order valence-electron chi connectivity index (χ1n) is 7.84. The van der Waals surface area contributed by atoms with Gasteiger partial charge in [0.1, 0.15) is 6.10 Å². The summed E-state index contributed by atoms with van der Waals surface area (Å²) in [6.07, 6.45) is -0.577. The van der Waals surface area contributed by atoms with Gasteiger partial charge in [-0.1, -0.05) is 11.6 Å². The number of halogens is 1. The molecule has 0 aliphatic carbocycles. The first-order chi connectivity index (χ1) is 11.7. The number of nitrogens with zero attached hydrogens (tertiary/aromatic N) is 3. The van der Waals surface area contributed by atoms with Crippen molar-refractivity contribution >= 4 is 45.2 Å². The lowest BCUT2D eigenvalue weighted by molar-refractivity contribution is 0.183. The van der Waals surface area contributed by atoms with E-state index in [-0.39, 0.29) is 0 Å². The molecule has 1 fully saturated rings. The third kappa shape index (κ3) is 4.22. The van der Waals surface area contributed by atoms with Crippen LogP contribution in [-0.4, -0.2) is 55.7 Å². The minimum atomic E-state index is -0.577. The standard InChI is InChI=1S/C16H21ClN4OS2/c1-18-16(19-11-12(22)13-4-5-14(17)24-13)21-8-6-20(7-9-21)15-3-2-10-23-15/h2-5,10,12,22H,6-9,11H2,1H3,(H,18,19). The zero-order valence-corrected chi connectivity index (χ0v) is 15.9. The van der Waals surface area contributed by atoms with Crippen LogP contribution in [0.4, 0.5) is 5.00 Å². The van der Waals surface area contributed by atoms with Crippen LogP contribution in [0.2, 0.25) is 4.34 Å². The van der Waals surface area contributed by atoms with Crippen LogP contribution in [0.1, 0.15) is 11.0 Å². The van der Waals surface area contributed by atoms with Crippen molar-refractivity contribution < 1.29 is 5.11 Å². The third-order valence-corrected chi connectivity index (χ3v) is 6.25. The maximum Gasteiger partial charge on any atom is 0.193 e. The van der Waals surface area contributed by atoms with Gasteiger partial charge in [-0.05, 0) is 29.6 Å². The number of thiophene rings is 2. The van der Waals surface area contributed by atoms with Gasteiger partial charge < -0.3 is 20.2 Å². The number of hydrogen-bond acceptors (Lipinski definition) is 5. The van der Waals surface area contributed by atoms with Crippen LogP contribution in [0, 0.1) is 0 Å². The second-order valence-electron chi connectivity index (χ2n) is 5.51. The Morgan fingerprint density at radius 2 is 2.12 bits per heavy atom. The summed E-state index contributed by atoms with van der Waals surface area (Å²) >= 11 is 9.11. The van der Waals surface area contributed by atoms with Crippen LogP contribution in [0.15, 0.2) is 34.6 Å². The number of aliphatic hydroxyl groups excluding tert-OH is 1. The molecule has 0 amide bonds. The summed E-state index contributed by atoms with van der Waals surface area (Å²) in [6.45, 7) is 4.21. The highest BCUT2D eigenvalue weighted by atomic mass is 35.5. The fourth-order valence-corrected chi connectivity index (χ4v) is 4.55. The van der Waals surface area contributed by atoms with Crippen LogP contribution in [0.25, 0.3) is 0 Å². The van der Waals surface area contributed by atoms with Crippen LogP contribution < -0.4 is 10.2 Å². The van der Waals surface area contributed by atoms with Crippen molar-refractivity contribution in [2.75, 3.05) is 44.7 Å². The zero-order chi connectivity index (χ0) is 16.9. The maximum absolute atomic E-state index is 10.3. The number of aliphatic imine (C=N–C) groups is 1. The molecular weight excluding hydrogens is 364 g/mol. The molecule has 1 aliphatic rings. The molecular formula is C16H21ClN4OS2. The zero-order valence-electron chi connectivity index (χ0n) is 13.5. The largest absolute Gasteiger partial charge is 0.386 e. The van der Waals surface area contributed by atoms with Gasteiger partial charge in [0.05, 0.1) is 9.34 Å². The van der Waals surface area contributed by atoms with E-state index in [0.29, 0.717) is 10.9 Å². The smallest absolute Gasteiger partial charge is 0.193 e. The Labute approximate surface area is 155 Å². The highest BCUT2D eigenvalue weighted by Crippen LogP contribution is 2.26. The second-order valence-corrected chi connectivity index (χ2v) is 8.18. The van der Waals surface area contributed by atoms with E-state index in [1.165, 1.54) is 16.3 Å². The highest BCUT2D eigenvalue weighted by molar-refractivity contribution is 7.16. The van der Waals surface area contributed by atoms with Crippen molar-refractivity contribution in [3.05, 3.63) is 38.9 Å². The van der Waals surface area contributed by atoms with Gasteiger partial charge in [-0.3, -0.25) is 4.99 Å². The second kappa shape index (κ2) is 8.20. The maximum atomic E-state index is 10.3. The summed E-state index contributed by atoms with van der Waals surface area (Å²) in [5.41, 5.74) is 0. The minimum absolute atomic E-state index is 0.425. The average Bonchev–Trinajstić information content (AvgIpc) is 3.27. The van der Waals surface area contributed by atoms with E-state index in [9.17, 15) is 5.11 Å². The summed E-state index contributed by atoms with van der Waals surface area (Å²) in [4.78, 5) is 9.85. The molecule has 0 aromatic carbocycles. The molecule has 1 saturated heterocycles. The quantitative estimate of drug-likeness (QED) is 0.628. The molecule has 2 aromatic heterocycles. The summed E-state index contributed by atoms with van der Waals surface area (Å²) in [5.74, 6) is 0.836. The number of piperazine rings is 1. The molecule has 2 N–H and O–H groups in total. The van der Waals surface area contributed by atoms with Crippen molar-refractivity contribution in [3.63, 3.8) is 0 Å². The molecule has 8 heteroatoms. The molecule has 130 valence electrons. The van der Waals surface area contributed by atoms with Gasteiger partial charge in [-0.25, -0.2) is 0 Å². The monoisotopic (exact) mass is 384 g/mol. The molecule has 1 unspecified atom stereocenters. The molecule has 1 atom stereocenters. The molecule has 1 aliphatic heterocycles. The summed E-state index contributed by atoms with van der Waals surface area (Å²) in [6, 6.07) is 7.92. The summed E-state index contributed by atoms with van der Waals surface area (Å²) in [5, 5.41) is 17.0. The van der Waals surface area contributed by atoms with Gasteiger partial charge in [0.15, 0.2) is 5.96 Å². The number of aliphatic hydroxyl groups is 1. The van der Waals surface area contributed by atoms with E-state index in [1.807, 2.05) is 12.1 Å². The number of nitrogens with one attached hydrogen (secondary N) is 1. The van der Waals surface area contributed by atoms with E-state index in [2.05, 4.69) is 37.6 Å². The van der Waals surface area contributed by atoms with Crippen molar-refractivity contribution in [2.45, 2.75) is 6.10 Å². The lowest BCUT2D eigenvalue weighted by Crippen LogP contribution is -2.52. The van der Waals surface area contributed by atoms with Crippen molar-refractivity contribution in [1.29, 1.82) is 0 Å². The van der Waals surface area contributed by atoms with Crippen LogP contribution in [0.5, 0.6) is 0 Å². The Kier molecular flexibility index (Phi) is 5.99. The van der Waals surface area contributed by atoms with Gasteiger partial charge in [0.25, 0.3) is 0 Å². The first kappa shape index (κ1) is 17.5. The van der Waals surface area contributed by atoms with Gasteiger partial charge in [0.2, 0.25) is 0 Å². The van der Waals surface area contributed by atoms with E-state index in [0.717, 1.165) is 37.0 Å². The Bertz CT molecular complexity index is 665. The predicted molar refractivity (Wildman–Crippen MR) is 104 cm³/mol. The van der Waals surface area contributed by atoms with E-state index in [1.54, 1.807) is 18.4 Å². The fraction of sp³-hybridized carbons (Fsp3) is 0.438. The Morgan fingerprint density at radius 1 is 1.33 bits per heavy atom. The third-order valence-electron chi connectivity index (χ3n) is 3.98. The average molecular weight is 385 g/mol. The number of anilines is 1. The Morgan fingerprint density at radius 3 is 2.71 bits per heavy atom. The summed E-state index contributed by atoms with van der Waals surface area (Å²) < 4.78 is 0.693. The number of hydrogen-bond donors (Lipinski definition) is 2. The molecule has 0 bridgehead atoms. The SMILES string of the molecule is CN=C(NCC(O)c1ccc(Cl)s1)N1CCN(c2cccs2)CC1. The molecule has 3 rings (SSSR count). The van der Waals surface area contributed by atoms with E-state index >= 15 is 0 Å². The topological polar surface area (TPSA) is 51.1 Å². The lowest BCUT2D eigenvalue weighted by Gasteiger charge is -2.37. The van der Waals surface area contributed by atoms with Crippen LogP contribution in [-0.2, 0) is 0 Å². The van der Waals surface area contributed by atoms with Gasteiger partial charge >= 0.3 is 0 Å². The van der Waals surface area contributed by atoms with Crippen molar-refractivity contribution in [3.8, 4) is 0 Å². The molecule has 0 saturated carbocycles. The number of guanidine groups is 1. The summed E-state index contributed by atoms with van der Waals surface area (Å²) in [7, 11) is 1.78. The fourth-order valence-electron chi connectivity index (χ4n) is 2.72. The Hall–Kier alpha value is -1.28. The lowest BCUT2D eigenvalue weighted by atomic mass is 10.3. The van der Waals surface area contributed by atoms with E-state index in [4.69, 9.17) is 11.6 Å². The van der Waals surface area contributed by atoms with Crippen LogP contribution >= 0.6 is 34.3 Å². The van der Waals surface area contributed by atoms with Crippen LogP contribution in [0.3, 0.4) is 0 Å². The predicted octanol–water partition coefficient (Wildman–Crippen LogP) is 2.89. The highest BCUT2D eigenvalue weighted by Gasteiger charge is 2.21. The van der Waals surface area contributed by atoms with Gasteiger partial charge in [-0.15, -0.1) is 22.7 Å². The van der Waals surface area contributed by atoms with Gasteiger partial charge in [0, 0.05) is 44.6 Å². The normalized spacial score (nSPS) is 17.2. The molecule has 2 aromatic rings. The minimum Gasteiger partial charge on any atom is -0.386 e. The molecule has 5 nitrogen and oxygen atoms in total. The molecule has 3 heterocycles. The molecule has 0 spiro atoms. The van der Waals surface area contributed by atoms with Crippen molar-refractivity contribution in [2.24, 2.45) is 4.99 Å². The Balaban J connectivity index is 1.50. The van der Waals surface area contributed by atoms with E-state index < -0.39 is 6.10 Å².